The molecule has 1 aliphatic rings. The molecule has 4 rings (SSSR count). The number of rotatable bonds is 6. The lowest BCUT2D eigenvalue weighted by Gasteiger charge is -2.19. The normalized spacial score (nSPS) is 15.5. The highest BCUT2D eigenvalue weighted by molar-refractivity contribution is 6.41. The van der Waals surface area contributed by atoms with Crippen LogP contribution in [0.5, 0.6) is 0 Å². The topological polar surface area (TPSA) is 107 Å². The van der Waals surface area contributed by atoms with Gasteiger partial charge in [-0.15, -0.1) is 0 Å². The Labute approximate surface area is 190 Å². The summed E-state index contributed by atoms with van der Waals surface area (Å²) in [5.41, 5.74) is 3.88. The minimum atomic E-state index is -1.11. The first kappa shape index (κ1) is 22.2. The van der Waals surface area contributed by atoms with Crippen molar-refractivity contribution in [1.29, 1.82) is 0 Å². The molecule has 1 atom stereocenters. The van der Waals surface area contributed by atoms with E-state index in [0.29, 0.717) is 29.3 Å². The molecule has 3 aromatic rings. The number of hydrogen-bond acceptors (Lipinski definition) is 7. The highest BCUT2D eigenvalue weighted by atomic mass is 16.5. The van der Waals surface area contributed by atoms with Gasteiger partial charge in [0, 0.05) is 19.2 Å². The van der Waals surface area contributed by atoms with Gasteiger partial charge in [-0.1, -0.05) is 29.8 Å². The number of nitrogens with zero attached hydrogens (tertiary/aromatic N) is 4. The fourth-order valence-electron chi connectivity index (χ4n) is 3.83. The van der Waals surface area contributed by atoms with Crippen molar-refractivity contribution in [2.45, 2.75) is 33.2 Å². The summed E-state index contributed by atoms with van der Waals surface area (Å²) < 4.78 is 12.1. The molecule has 0 bridgehead atoms. The third kappa shape index (κ3) is 4.34. The molecule has 1 aromatic carbocycles. The first-order chi connectivity index (χ1) is 15.8. The molecule has 33 heavy (non-hydrogen) atoms. The van der Waals surface area contributed by atoms with E-state index in [1.165, 1.54) is 16.0 Å². The molecule has 0 fully saturated rings. The maximum atomic E-state index is 13.0. The SMILES string of the molecule is Cc1ccc(C2=NN(C(=O)COC(=O)C(=O)c3c(C)nn(C)c3C)[C@@H](c3ccco3)C2)cc1. The Balaban J connectivity index is 1.50. The number of hydrogen-bond donors (Lipinski definition) is 0. The molecule has 1 amide bonds. The molecule has 0 radical (unpaired) electrons. The van der Waals surface area contributed by atoms with Gasteiger partial charge in [-0.05, 0) is 38.5 Å². The van der Waals surface area contributed by atoms with Gasteiger partial charge < -0.3 is 9.15 Å². The van der Waals surface area contributed by atoms with Crippen LogP contribution in [0.4, 0.5) is 0 Å². The average Bonchev–Trinajstić information content (AvgIpc) is 3.52. The van der Waals surface area contributed by atoms with Crippen molar-refractivity contribution in [3.05, 3.63) is 76.5 Å². The van der Waals surface area contributed by atoms with E-state index in [4.69, 9.17) is 9.15 Å². The Morgan fingerprint density at radius 3 is 2.45 bits per heavy atom. The maximum absolute atomic E-state index is 13.0. The molecule has 0 N–H and O–H groups in total. The zero-order valence-corrected chi connectivity index (χ0v) is 18.9. The second-order valence-electron chi connectivity index (χ2n) is 7.96. The van der Waals surface area contributed by atoms with E-state index in [0.717, 1.165) is 11.1 Å². The molecule has 0 saturated heterocycles. The van der Waals surface area contributed by atoms with E-state index >= 15 is 0 Å². The van der Waals surface area contributed by atoms with Crippen molar-refractivity contribution < 1.29 is 23.5 Å². The van der Waals surface area contributed by atoms with Crippen molar-refractivity contribution in [2.24, 2.45) is 12.1 Å². The lowest BCUT2D eigenvalue weighted by Crippen LogP contribution is -2.32. The summed E-state index contributed by atoms with van der Waals surface area (Å²) >= 11 is 0. The van der Waals surface area contributed by atoms with Gasteiger partial charge in [0.15, 0.2) is 6.61 Å². The minimum Gasteiger partial charge on any atom is -0.467 e. The van der Waals surface area contributed by atoms with Crippen molar-refractivity contribution in [3.8, 4) is 0 Å². The minimum absolute atomic E-state index is 0.185. The fourth-order valence-corrected chi connectivity index (χ4v) is 3.83. The number of esters is 1. The number of benzene rings is 1. The molecular formula is C24H24N4O5. The number of Topliss-reactive ketones (excluding diaryl/α,β-unsaturated/α-hetero) is 1. The van der Waals surface area contributed by atoms with Crippen molar-refractivity contribution >= 4 is 23.4 Å². The van der Waals surface area contributed by atoms with Crippen LogP contribution in [-0.2, 0) is 21.4 Å². The summed E-state index contributed by atoms with van der Waals surface area (Å²) in [6.07, 6.45) is 1.97. The van der Waals surface area contributed by atoms with Crippen LogP contribution >= 0.6 is 0 Å². The number of ketones is 1. The van der Waals surface area contributed by atoms with Crippen LogP contribution in [0.3, 0.4) is 0 Å². The third-order valence-corrected chi connectivity index (χ3v) is 5.67. The second-order valence-corrected chi connectivity index (χ2v) is 7.96. The molecule has 3 heterocycles. The standard InChI is InChI=1S/C24H24N4O5/c1-14-7-9-17(10-8-14)18-12-19(20-6-5-11-32-20)28(26-18)21(29)13-33-24(31)23(30)22-15(2)25-27(4)16(22)3/h5-11,19H,12-13H2,1-4H3/t19-/m1/s1. The van der Waals surface area contributed by atoms with Gasteiger partial charge in [0.1, 0.15) is 11.8 Å². The summed E-state index contributed by atoms with van der Waals surface area (Å²) in [4.78, 5) is 37.9. The Kier molecular flexibility index (Phi) is 5.95. The Bertz CT molecular complexity index is 1240. The van der Waals surface area contributed by atoms with Crippen LogP contribution in [0.25, 0.3) is 0 Å². The van der Waals surface area contributed by atoms with Crippen LogP contribution in [0.2, 0.25) is 0 Å². The van der Waals surface area contributed by atoms with E-state index in [1.54, 1.807) is 33.0 Å². The van der Waals surface area contributed by atoms with Crippen molar-refractivity contribution in [2.75, 3.05) is 6.61 Å². The molecule has 1 aliphatic heterocycles. The van der Waals surface area contributed by atoms with E-state index in [1.807, 2.05) is 31.2 Å². The molecule has 0 spiro atoms. The third-order valence-electron chi connectivity index (χ3n) is 5.67. The van der Waals surface area contributed by atoms with Gasteiger partial charge in [-0.2, -0.15) is 10.2 Å². The first-order valence-electron chi connectivity index (χ1n) is 10.5. The number of amides is 1. The number of aryl methyl sites for hydroxylation is 3. The highest BCUT2D eigenvalue weighted by Crippen LogP contribution is 2.33. The van der Waals surface area contributed by atoms with Crippen LogP contribution < -0.4 is 0 Å². The number of carbonyl (C=O) groups is 3. The molecule has 9 heteroatoms. The van der Waals surface area contributed by atoms with Crippen LogP contribution in [0.15, 0.2) is 52.2 Å². The molecule has 170 valence electrons. The predicted octanol–water partition coefficient (Wildman–Crippen LogP) is 3.04. The first-order valence-corrected chi connectivity index (χ1v) is 10.5. The van der Waals surface area contributed by atoms with E-state index in [2.05, 4.69) is 10.2 Å². The second kappa shape index (κ2) is 8.85. The average molecular weight is 448 g/mol. The smallest absolute Gasteiger partial charge is 0.380 e. The number of hydrazone groups is 1. The van der Waals surface area contributed by atoms with E-state index in [9.17, 15) is 14.4 Å². The monoisotopic (exact) mass is 448 g/mol. The van der Waals surface area contributed by atoms with Crippen LogP contribution in [0.1, 0.15) is 51.1 Å². The van der Waals surface area contributed by atoms with Gasteiger partial charge in [-0.25, -0.2) is 9.80 Å². The molecule has 2 aromatic heterocycles. The van der Waals surface area contributed by atoms with Gasteiger partial charge >= 0.3 is 5.97 Å². The van der Waals surface area contributed by atoms with E-state index < -0.39 is 30.3 Å². The molecule has 0 saturated carbocycles. The summed E-state index contributed by atoms with van der Waals surface area (Å²) in [6.45, 7) is 4.69. The lowest BCUT2D eigenvalue weighted by atomic mass is 10.0. The molecular weight excluding hydrogens is 424 g/mol. The van der Waals surface area contributed by atoms with Crippen molar-refractivity contribution in [1.82, 2.24) is 14.8 Å². The predicted molar refractivity (Wildman–Crippen MR) is 119 cm³/mol. The number of furan rings is 1. The van der Waals surface area contributed by atoms with Crippen LogP contribution in [-0.4, -0.2) is 44.8 Å². The summed E-state index contributed by atoms with van der Waals surface area (Å²) in [5.74, 6) is -1.93. The number of ether oxygens (including phenoxy) is 1. The Morgan fingerprint density at radius 1 is 1.12 bits per heavy atom. The molecule has 0 unspecified atom stereocenters. The van der Waals surface area contributed by atoms with Crippen LogP contribution in [0, 0.1) is 20.8 Å². The zero-order valence-electron chi connectivity index (χ0n) is 18.9. The summed E-state index contributed by atoms with van der Waals surface area (Å²) in [7, 11) is 1.68. The fraction of sp³-hybridized carbons (Fsp3) is 0.292. The van der Waals surface area contributed by atoms with Gasteiger partial charge in [-0.3, -0.25) is 14.3 Å². The Morgan fingerprint density at radius 2 is 1.85 bits per heavy atom. The molecule has 9 nitrogen and oxygen atoms in total. The molecule has 0 aliphatic carbocycles. The maximum Gasteiger partial charge on any atom is 0.380 e. The summed E-state index contributed by atoms with van der Waals surface area (Å²) in [5, 5.41) is 9.88. The van der Waals surface area contributed by atoms with Gasteiger partial charge in [0.05, 0.1) is 23.2 Å². The Hall–Kier alpha value is -4.01. The number of aromatic nitrogens is 2. The van der Waals surface area contributed by atoms with Crippen molar-refractivity contribution in [3.63, 3.8) is 0 Å². The quantitative estimate of drug-likeness (QED) is 0.326. The largest absolute Gasteiger partial charge is 0.467 e. The highest BCUT2D eigenvalue weighted by Gasteiger charge is 2.36. The lowest BCUT2D eigenvalue weighted by molar-refractivity contribution is -0.149. The van der Waals surface area contributed by atoms with E-state index in [-0.39, 0.29) is 5.56 Å². The van der Waals surface area contributed by atoms with Gasteiger partial charge in [0.25, 0.3) is 11.7 Å². The number of carbonyl (C=O) groups excluding carboxylic acids is 3. The van der Waals surface area contributed by atoms with Gasteiger partial charge in [0.2, 0.25) is 0 Å². The summed E-state index contributed by atoms with van der Waals surface area (Å²) in [6, 6.07) is 10.9. The zero-order chi connectivity index (χ0) is 23.7.